The first-order valence-electron chi connectivity index (χ1n) is 18.7. The predicted molar refractivity (Wildman–Crippen MR) is 202 cm³/mol. The van der Waals surface area contributed by atoms with Crippen molar-refractivity contribution in [1.29, 1.82) is 0 Å². The second-order valence-corrected chi connectivity index (χ2v) is 13.5. The monoisotopic (exact) mass is 759 g/mol. The molecule has 2 atom stereocenters. The van der Waals surface area contributed by atoms with Gasteiger partial charge in [0.15, 0.2) is 0 Å². The summed E-state index contributed by atoms with van der Waals surface area (Å²) in [5, 5.41) is 8.40. The number of likely N-dealkylation sites (N-methyl/N-ethyl adjacent to an activating group) is 1. The highest BCUT2D eigenvalue weighted by Gasteiger charge is 2.46. The molecule has 0 aliphatic carbocycles. The summed E-state index contributed by atoms with van der Waals surface area (Å²) in [5.74, 6) is -2.31. The molecule has 2 unspecified atom stereocenters. The van der Waals surface area contributed by atoms with Gasteiger partial charge in [0.05, 0.1) is 32.1 Å². The summed E-state index contributed by atoms with van der Waals surface area (Å²) in [6.07, 6.45) is 3.90. The van der Waals surface area contributed by atoms with Gasteiger partial charge in [-0.2, -0.15) is 10.2 Å². The Bertz CT molecular complexity index is 2010. The lowest BCUT2D eigenvalue weighted by Crippen LogP contribution is -2.46. The molecule has 292 valence electrons. The van der Waals surface area contributed by atoms with Gasteiger partial charge in [0, 0.05) is 55.7 Å². The molecule has 0 saturated carbocycles. The van der Waals surface area contributed by atoms with Gasteiger partial charge in [-0.15, -0.1) is 0 Å². The van der Waals surface area contributed by atoms with Crippen molar-refractivity contribution in [3.8, 4) is 11.4 Å². The molecule has 0 N–H and O–H groups in total. The summed E-state index contributed by atoms with van der Waals surface area (Å²) in [6, 6.07) is 19.2. The van der Waals surface area contributed by atoms with E-state index in [1.807, 2.05) is 48.5 Å². The minimum atomic E-state index is -1.52. The van der Waals surface area contributed by atoms with Crippen LogP contribution in [0.3, 0.4) is 0 Å². The molecule has 0 bridgehead atoms. The zero-order chi connectivity index (χ0) is 38.2. The lowest BCUT2D eigenvalue weighted by Gasteiger charge is -2.37. The molecule has 55 heavy (non-hydrogen) atoms. The van der Waals surface area contributed by atoms with Crippen molar-refractivity contribution in [3.05, 3.63) is 113 Å². The van der Waals surface area contributed by atoms with Gasteiger partial charge in [-0.3, -0.25) is 0 Å². The second-order valence-electron chi connectivity index (χ2n) is 13.5. The average Bonchev–Trinajstić information content (AvgIpc) is 3.97. The van der Waals surface area contributed by atoms with E-state index in [-0.39, 0.29) is 31.0 Å². The van der Waals surface area contributed by atoms with Crippen LogP contribution in [0.15, 0.2) is 90.5 Å². The fraction of sp³-hybridized carbons (Fsp3) is 0.436. The third-order valence-corrected chi connectivity index (χ3v) is 10.1. The molecular formula is C39H47F2N9O5. The van der Waals surface area contributed by atoms with Gasteiger partial charge in [0.2, 0.25) is 5.79 Å². The standard InChI is InChI=1S/C39H47F2N9O5/c1-3-45(4-2)19-21-52-22-20-50-38(51)49(29-44-50)33-8-6-31(7-9-33)46-15-17-47(18-16-46)32-10-12-34(13-11-32)53-24-35-25-54-39(55-35,26-48-28-42-27-43-48)36-14-5-30(40)23-37(36)41/h5-14,23,27-29,35H,3-4,15-22,24-26H2,1-2H3. The molecule has 7 rings (SSSR count). The van der Waals surface area contributed by atoms with Crippen LogP contribution in [0.5, 0.6) is 5.75 Å². The van der Waals surface area contributed by atoms with E-state index in [2.05, 4.69) is 43.7 Å². The van der Waals surface area contributed by atoms with E-state index >= 15 is 0 Å². The van der Waals surface area contributed by atoms with Gasteiger partial charge < -0.3 is 33.6 Å². The Labute approximate surface area is 318 Å². The van der Waals surface area contributed by atoms with E-state index in [1.54, 1.807) is 10.9 Å². The number of piperazine rings is 1. The van der Waals surface area contributed by atoms with Gasteiger partial charge in [-0.1, -0.05) is 13.8 Å². The fourth-order valence-corrected chi connectivity index (χ4v) is 6.93. The number of hydrogen-bond donors (Lipinski definition) is 0. The van der Waals surface area contributed by atoms with Gasteiger partial charge in [0.1, 0.15) is 55.6 Å². The number of anilines is 2. The minimum absolute atomic E-state index is 0.0295. The summed E-state index contributed by atoms with van der Waals surface area (Å²) in [5.41, 5.74) is 2.84. The molecule has 2 aliphatic heterocycles. The lowest BCUT2D eigenvalue weighted by atomic mass is 10.0. The summed E-state index contributed by atoms with van der Waals surface area (Å²) in [7, 11) is 0. The maximum atomic E-state index is 14.9. The molecule has 14 nitrogen and oxygen atoms in total. The van der Waals surface area contributed by atoms with E-state index in [0.29, 0.717) is 25.5 Å². The summed E-state index contributed by atoms with van der Waals surface area (Å²) >= 11 is 0. The second kappa shape index (κ2) is 17.5. The SMILES string of the molecule is CCN(CC)CCOCCn1ncn(-c2ccc(N3CCN(c4ccc(OCC5COC(Cn6cncn6)(c6ccc(F)cc6F)O5)cc4)CC3)cc2)c1=O. The van der Waals surface area contributed by atoms with E-state index in [0.717, 1.165) is 68.9 Å². The Kier molecular flexibility index (Phi) is 12.2. The molecule has 0 amide bonds. The highest BCUT2D eigenvalue weighted by Crippen LogP contribution is 2.38. The minimum Gasteiger partial charge on any atom is -0.491 e. The highest BCUT2D eigenvalue weighted by molar-refractivity contribution is 5.54. The normalized spacial score (nSPS) is 18.7. The third-order valence-electron chi connectivity index (χ3n) is 10.1. The first kappa shape index (κ1) is 38.1. The number of ether oxygens (including phenoxy) is 4. The molecule has 2 saturated heterocycles. The van der Waals surface area contributed by atoms with Crippen LogP contribution in [-0.2, 0) is 33.1 Å². The van der Waals surface area contributed by atoms with Crippen LogP contribution in [0.4, 0.5) is 20.2 Å². The topological polar surface area (TPSA) is 117 Å². The molecule has 2 aliphatic rings. The lowest BCUT2D eigenvalue weighted by molar-refractivity contribution is -0.192. The molecule has 0 radical (unpaired) electrons. The average molecular weight is 760 g/mol. The van der Waals surface area contributed by atoms with Gasteiger partial charge in [0.25, 0.3) is 0 Å². The Hall–Kier alpha value is -5.16. The van der Waals surface area contributed by atoms with E-state index in [4.69, 9.17) is 18.9 Å². The molecule has 2 fully saturated rings. The third kappa shape index (κ3) is 9.05. The molecule has 3 aromatic carbocycles. The van der Waals surface area contributed by atoms with E-state index in [1.165, 1.54) is 34.2 Å². The Morgan fingerprint density at radius 3 is 2.22 bits per heavy atom. The number of aromatic nitrogens is 6. The van der Waals surface area contributed by atoms with Crippen LogP contribution in [-0.4, -0.2) is 112 Å². The number of halogens is 2. The summed E-state index contributed by atoms with van der Waals surface area (Å²) in [6.45, 7) is 12.3. The molecule has 2 aromatic heterocycles. The maximum absolute atomic E-state index is 14.9. The van der Waals surface area contributed by atoms with Crippen LogP contribution < -0.4 is 20.2 Å². The molecule has 16 heteroatoms. The largest absolute Gasteiger partial charge is 0.491 e. The van der Waals surface area contributed by atoms with Crippen molar-refractivity contribution in [2.45, 2.75) is 38.8 Å². The molecule has 5 aromatic rings. The number of nitrogens with zero attached hydrogens (tertiary/aromatic N) is 9. The zero-order valence-electron chi connectivity index (χ0n) is 31.2. The zero-order valence-corrected chi connectivity index (χ0v) is 31.2. The molecular weight excluding hydrogens is 712 g/mol. The van der Waals surface area contributed by atoms with Crippen molar-refractivity contribution in [1.82, 2.24) is 34.0 Å². The van der Waals surface area contributed by atoms with Crippen LogP contribution in [0.2, 0.25) is 0 Å². The van der Waals surface area contributed by atoms with Crippen LogP contribution >= 0.6 is 0 Å². The van der Waals surface area contributed by atoms with E-state index < -0.39 is 23.5 Å². The van der Waals surface area contributed by atoms with Crippen LogP contribution in [0.25, 0.3) is 5.69 Å². The summed E-state index contributed by atoms with van der Waals surface area (Å²) in [4.78, 5) is 23.9. The fourth-order valence-electron chi connectivity index (χ4n) is 6.93. The maximum Gasteiger partial charge on any atom is 0.350 e. The smallest absolute Gasteiger partial charge is 0.350 e. The van der Waals surface area contributed by atoms with Crippen LogP contribution in [0, 0.1) is 11.6 Å². The molecule has 4 heterocycles. The highest BCUT2D eigenvalue weighted by atomic mass is 19.1. The molecule has 0 spiro atoms. The predicted octanol–water partition coefficient (Wildman–Crippen LogP) is 3.94. The number of benzene rings is 3. The number of rotatable bonds is 17. The van der Waals surface area contributed by atoms with E-state index in [9.17, 15) is 13.6 Å². The van der Waals surface area contributed by atoms with Gasteiger partial charge in [-0.05, 0) is 73.8 Å². The Balaban J connectivity index is 0.875. The first-order valence-corrected chi connectivity index (χ1v) is 18.7. The Morgan fingerprint density at radius 2 is 1.56 bits per heavy atom. The first-order chi connectivity index (χ1) is 26.8. The number of hydrogen-bond acceptors (Lipinski definition) is 11. The van der Waals surface area contributed by atoms with Gasteiger partial charge in [-0.25, -0.2) is 32.5 Å². The summed E-state index contributed by atoms with van der Waals surface area (Å²) < 4.78 is 57.2. The van der Waals surface area contributed by atoms with Crippen molar-refractivity contribution in [2.75, 3.05) is 82.0 Å². The van der Waals surface area contributed by atoms with Crippen LogP contribution in [0.1, 0.15) is 19.4 Å². The van der Waals surface area contributed by atoms with Gasteiger partial charge >= 0.3 is 5.69 Å². The van der Waals surface area contributed by atoms with Crippen molar-refractivity contribution in [3.63, 3.8) is 0 Å². The Morgan fingerprint density at radius 1 is 0.873 bits per heavy atom. The van der Waals surface area contributed by atoms with Crippen molar-refractivity contribution < 1.29 is 27.7 Å². The van der Waals surface area contributed by atoms with Crippen molar-refractivity contribution >= 4 is 11.4 Å². The van der Waals surface area contributed by atoms with Crippen molar-refractivity contribution in [2.24, 2.45) is 0 Å². The quantitative estimate of drug-likeness (QED) is 0.129.